The van der Waals surface area contributed by atoms with E-state index in [1.807, 2.05) is 30.1 Å². The van der Waals surface area contributed by atoms with Crippen molar-refractivity contribution < 1.29 is 14.2 Å². The van der Waals surface area contributed by atoms with E-state index in [0.717, 1.165) is 72.1 Å². The number of thioether (sulfide) groups is 1. The molecule has 0 aliphatic carbocycles. The van der Waals surface area contributed by atoms with E-state index >= 15 is 0 Å². The monoisotopic (exact) mass is 454 g/mol. The fourth-order valence-electron chi connectivity index (χ4n) is 4.87. The number of amidine groups is 1. The number of benzene rings is 1. The van der Waals surface area contributed by atoms with Gasteiger partial charge in [0.2, 0.25) is 0 Å². The molecule has 5 rings (SSSR count). The summed E-state index contributed by atoms with van der Waals surface area (Å²) in [5.74, 6) is 2.78. The fraction of sp³-hybridized carbons (Fsp3) is 0.500. The summed E-state index contributed by atoms with van der Waals surface area (Å²) in [4.78, 5) is 14.6. The molecule has 3 unspecified atom stereocenters. The highest BCUT2D eigenvalue weighted by Crippen LogP contribution is 2.52. The molecular weight excluding hydrogens is 424 g/mol. The molecule has 3 atom stereocenters. The molecule has 7 nitrogen and oxygen atoms in total. The lowest BCUT2D eigenvalue weighted by Crippen LogP contribution is -2.37. The predicted molar refractivity (Wildman–Crippen MR) is 128 cm³/mol. The minimum Gasteiger partial charge on any atom is -0.496 e. The van der Waals surface area contributed by atoms with Crippen LogP contribution < -0.4 is 14.4 Å². The maximum absolute atomic E-state index is 5.97. The molecule has 0 saturated carbocycles. The van der Waals surface area contributed by atoms with E-state index in [1.165, 1.54) is 0 Å². The number of ether oxygens (including phenoxy) is 3. The second kappa shape index (κ2) is 9.19. The first-order chi connectivity index (χ1) is 15.7. The number of nitrogens with zero attached hydrogens (tertiary/aromatic N) is 4. The first-order valence-electron chi connectivity index (χ1n) is 11.2. The third kappa shape index (κ3) is 3.69. The summed E-state index contributed by atoms with van der Waals surface area (Å²) in [5.41, 5.74) is 3.12. The Bertz CT molecular complexity index is 981. The third-order valence-electron chi connectivity index (χ3n) is 6.53. The van der Waals surface area contributed by atoms with E-state index in [4.69, 9.17) is 19.2 Å². The van der Waals surface area contributed by atoms with Crippen LogP contribution in [0.25, 0.3) is 0 Å². The van der Waals surface area contributed by atoms with E-state index < -0.39 is 0 Å². The summed E-state index contributed by atoms with van der Waals surface area (Å²) in [5, 5.41) is 1.11. The number of morpholine rings is 1. The van der Waals surface area contributed by atoms with Crippen molar-refractivity contribution in [3.8, 4) is 11.5 Å². The van der Waals surface area contributed by atoms with Crippen LogP contribution in [0.1, 0.15) is 36.7 Å². The Labute approximate surface area is 193 Å². The van der Waals surface area contributed by atoms with Gasteiger partial charge in [-0.3, -0.25) is 9.98 Å². The van der Waals surface area contributed by atoms with Gasteiger partial charge in [-0.1, -0.05) is 24.8 Å². The number of anilines is 1. The van der Waals surface area contributed by atoms with Gasteiger partial charge in [-0.25, -0.2) is 0 Å². The molecule has 2 fully saturated rings. The molecule has 1 aromatic heterocycles. The van der Waals surface area contributed by atoms with Gasteiger partial charge < -0.3 is 24.0 Å². The molecule has 0 N–H and O–H groups in total. The van der Waals surface area contributed by atoms with Crippen LogP contribution in [0.4, 0.5) is 5.69 Å². The van der Waals surface area contributed by atoms with Crippen molar-refractivity contribution in [1.82, 2.24) is 9.88 Å². The molecule has 2 saturated heterocycles. The summed E-state index contributed by atoms with van der Waals surface area (Å²) in [6.45, 7) is 5.37. The summed E-state index contributed by atoms with van der Waals surface area (Å²) in [7, 11) is 3.49. The molecule has 2 aromatic rings. The third-order valence-corrected chi connectivity index (χ3v) is 7.66. The standard InChI is InChI=1S/C24H30N4O3S/c1-4-16-15-32-24-26-22(18-7-5-6-8-25-18)23(28(16)24)17-13-21(30-3)19(14-20(17)29-2)27-9-11-31-12-10-27/h5-8,13-14,16,22-23H,4,9-12,15H2,1-3H3. The molecule has 8 heteroatoms. The number of pyridine rings is 1. The molecule has 1 aromatic carbocycles. The molecule has 0 amide bonds. The van der Waals surface area contributed by atoms with E-state index in [-0.39, 0.29) is 12.1 Å². The van der Waals surface area contributed by atoms with Crippen LogP contribution in [-0.2, 0) is 4.74 Å². The van der Waals surface area contributed by atoms with Gasteiger partial charge in [-0.15, -0.1) is 0 Å². The van der Waals surface area contributed by atoms with Gasteiger partial charge in [0.1, 0.15) is 17.5 Å². The van der Waals surface area contributed by atoms with Crippen LogP contribution in [0.2, 0.25) is 0 Å². The van der Waals surface area contributed by atoms with E-state index in [2.05, 4.69) is 39.9 Å². The Balaban J connectivity index is 1.61. The highest BCUT2D eigenvalue weighted by atomic mass is 32.2. The molecule has 4 heterocycles. The maximum Gasteiger partial charge on any atom is 0.160 e. The maximum atomic E-state index is 5.97. The number of aliphatic imine (C=N–C) groups is 1. The second-order valence-corrected chi connectivity index (χ2v) is 9.19. The van der Waals surface area contributed by atoms with Gasteiger partial charge in [0, 0.05) is 42.7 Å². The van der Waals surface area contributed by atoms with Crippen molar-refractivity contribution >= 4 is 22.6 Å². The Morgan fingerprint density at radius 1 is 1.12 bits per heavy atom. The van der Waals surface area contributed by atoms with Crippen LogP contribution in [0, 0.1) is 0 Å². The highest BCUT2D eigenvalue weighted by molar-refractivity contribution is 8.14. The van der Waals surface area contributed by atoms with Gasteiger partial charge in [-0.05, 0) is 24.6 Å². The Kier molecular flexibility index (Phi) is 6.15. The number of aromatic nitrogens is 1. The van der Waals surface area contributed by atoms with E-state index in [1.54, 1.807) is 14.2 Å². The lowest BCUT2D eigenvalue weighted by molar-refractivity contribution is 0.122. The molecule has 170 valence electrons. The molecular formula is C24H30N4O3S. The topological polar surface area (TPSA) is 59.4 Å². The quantitative estimate of drug-likeness (QED) is 0.656. The van der Waals surface area contributed by atoms with Crippen LogP contribution >= 0.6 is 11.8 Å². The zero-order valence-corrected chi connectivity index (χ0v) is 19.7. The predicted octanol–water partition coefficient (Wildman–Crippen LogP) is 3.91. The van der Waals surface area contributed by atoms with Gasteiger partial charge in [0.05, 0.1) is 44.9 Å². The SMILES string of the molecule is CCC1CSC2=NC(c3ccccn3)C(c3cc(OC)c(N4CCOCC4)cc3OC)N21. The average molecular weight is 455 g/mol. The lowest BCUT2D eigenvalue weighted by Gasteiger charge is -2.34. The van der Waals surface area contributed by atoms with Crippen molar-refractivity contribution in [3.05, 3.63) is 47.8 Å². The molecule has 32 heavy (non-hydrogen) atoms. The number of hydrogen-bond donors (Lipinski definition) is 0. The minimum atomic E-state index is -0.0825. The minimum absolute atomic E-state index is 0.0161. The number of methoxy groups -OCH3 is 2. The number of rotatable bonds is 6. The van der Waals surface area contributed by atoms with Crippen molar-refractivity contribution in [2.24, 2.45) is 4.99 Å². The molecule has 0 bridgehead atoms. The number of hydrogen-bond acceptors (Lipinski definition) is 8. The van der Waals surface area contributed by atoms with Gasteiger partial charge in [-0.2, -0.15) is 0 Å². The molecule has 3 aliphatic heterocycles. The van der Waals surface area contributed by atoms with Crippen molar-refractivity contribution in [2.45, 2.75) is 31.5 Å². The zero-order valence-electron chi connectivity index (χ0n) is 18.9. The van der Waals surface area contributed by atoms with Gasteiger partial charge in [0.15, 0.2) is 5.17 Å². The Morgan fingerprint density at radius 2 is 1.94 bits per heavy atom. The summed E-state index contributed by atoms with van der Waals surface area (Å²) in [6, 6.07) is 10.7. The van der Waals surface area contributed by atoms with Gasteiger partial charge >= 0.3 is 0 Å². The normalized spacial score (nSPS) is 25.0. The summed E-state index contributed by atoms with van der Waals surface area (Å²) in [6.07, 6.45) is 2.92. The van der Waals surface area contributed by atoms with Crippen LogP contribution in [0.5, 0.6) is 11.5 Å². The van der Waals surface area contributed by atoms with Gasteiger partial charge in [0.25, 0.3) is 0 Å². The average Bonchev–Trinajstić information content (AvgIpc) is 3.43. The van der Waals surface area contributed by atoms with Crippen molar-refractivity contribution in [3.63, 3.8) is 0 Å². The van der Waals surface area contributed by atoms with E-state index in [9.17, 15) is 0 Å². The number of fused-ring (bicyclic) bond motifs is 1. The molecule has 0 radical (unpaired) electrons. The Morgan fingerprint density at radius 3 is 2.62 bits per heavy atom. The largest absolute Gasteiger partial charge is 0.496 e. The first-order valence-corrected chi connectivity index (χ1v) is 12.2. The van der Waals surface area contributed by atoms with Crippen molar-refractivity contribution in [2.75, 3.05) is 51.2 Å². The molecule has 0 spiro atoms. The van der Waals surface area contributed by atoms with Crippen LogP contribution in [0.3, 0.4) is 0 Å². The Hall–Kier alpha value is -2.45. The highest BCUT2D eigenvalue weighted by Gasteiger charge is 2.46. The van der Waals surface area contributed by atoms with E-state index in [0.29, 0.717) is 6.04 Å². The smallest absolute Gasteiger partial charge is 0.160 e. The summed E-state index contributed by atoms with van der Waals surface area (Å²) >= 11 is 1.85. The fourth-order valence-corrected chi connectivity index (χ4v) is 6.21. The lowest BCUT2D eigenvalue weighted by atomic mass is 9.93. The first kappa shape index (κ1) is 21.4. The second-order valence-electron chi connectivity index (χ2n) is 8.20. The van der Waals surface area contributed by atoms with Crippen molar-refractivity contribution in [1.29, 1.82) is 0 Å². The molecule has 3 aliphatic rings. The summed E-state index contributed by atoms with van der Waals surface area (Å²) < 4.78 is 17.4. The zero-order chi connectivity index (χ0) is 22.1. The van der Waals surface area contributed by atoms with Crippen LogP contribution in [0.15, 0.2) is 41.5 Å². The van der Waals surface area contributed by atoms with Crippen LogP contribution in [-0.4, -0.2) is 67.4 Å².